The standard InChI is InChI=1S/C23H30N2O5S/c1-30-21(26)19-6-4-8-25(19)31(28,29)20-7-3-2-5-18(20)24-22(27)23-12-15-9-16(13-23)11-17(10-15)14-23/h2-3,5,7,15-17,19H,4,6,8-14H2,1H3,(H,24,27)/t15?,16?,17?,19-,23?/m0/s1. The molecule has 1 heterocycles. The highest BCUT2D eigenvalue weighted by molar-refractivity contribution is 7.89. The zero-order valence-electron chi connectivity index (χ0n) is 17.9. The SMILES string of the molecule is COC(=O)[C@@H]1CCCN1S(=O)(=O)c1ccccc1NC(=O)C12CC3CC(CC(C3)C1)C2. The van der Waals surface area contributed by atoms with E-state index in [4.69, 9.17) is 4.74 Å². The third-order valence-electron chi connectivity index (χ3n) is 7.92. The van der Waals surface area contributed by atoms with Crippen molar-refractivity contribution in [2.24, 2.45) is 23.2 Å². The quantitative estimate of drug-likeness (QED) is 0.702. The van der Waals surface area contributed by atoms with Gasteiger partial charge in [0.25, 0.3) is 0 Å². The molecule has 4 aliphatic carbocycles. The molecule has 168 valence electrons. The molecule has 0 aromatic heterocycles. The van der Waals surface area contributed by atoms with Crippen LogP contribution in [0.3, 0.4) is 0 Å². The Morgan fingerprint density at radius 1 is 1.06 bits per heavy atom. The van der Waals surface area contributed by atoms with Crippen molar-refractivity contribution in [3.05, 3.63) is 24.3 Å². The molecule has 5 aliphatic rings. The zero-order chi connectivity index (χ0) is 21.8. The molecule has 1 aromatic carbocycles. The minimum Gasteiger partial charge on any atom is -0.468 e. The molecule has 1 atom stereocenters. The molecule has 6 rings (SSSR count). The lowest BCUT2D eigenvalue weighted by Gasteiger charge is -2.55. The first kappa shape index (κ1) is 20.9. The summed E-state index contributed by atoms with van der Waals surface area (Å²) in [6.45, 7) is 0.263. The largest absolute Gasteiger partial charge is 0.468 e. The van der Waals surface area contributed by atoms with E-state index in [1.54, 1.807) is 18.2 Å². The van der Waals surface area contributed by atoms with Crippen LogP contribution < -0.4 is 5.32 Å². The van der Waals surface area contributed by atoms with Crippen molar-refractivity contribution in [2.45, 2.75) is 62.3 Å². The molecular weight excluding hydrogens is 416 g/mol. The maximum atomic E-state index is 13.5. The van der Waals surface area contributed by atoms with Crippen LogP contribution in [0, 0.1) is 23.2 Å². The fraction of sp³-hybridized carbons (Fsp3) is 0.652. The number of nitrogens with one attached hydrogen (secondary N) is 1. The first-order chi connectivity index (χ1) is 14.8. The van der Waals surface area contributed by atoms with Gasteiger partial charge in [0.2, 0.25) is 15.9 Å². The summed E-state index contributed by atoms with van der Waals surface area (Å²) in [5.41, 5.74) is -0.0628. The topological polar surface area (TPSA) is 92.8 Å². The van der Waals surface area contributed by atoms with E-state index in [1.807, 2.05) is 0 Å². The van der Waals surface area contributed by atoms with E-state index in [1.165, 1.54) is 36.7 Å². The van der Waals surface area contributed by atoms with E-state index >= 15 is 0 Å². The molecule has 0 radical (unpaired) electrons. The van der Waals surface area contributed by atoms with Crippen molar-refractivity contribution >= 4 is 27.6 Å². The molecular formula is C23H30N2O5S. The monoisotopic (exact) mass is 446 g/mol. The van der Waals surface area contributed by atoms with Crippen LogP contribution in [0.25, 0.3) is 0 Å². The van der Waals surface area contributed by atoms with E-state index in [2.05, 4.69) is 5.32 Å². The number of benzene rings is 1. The van der Waals surface area contributed by atoms with Gasteiger partial charge in [0.1, 0.15) is 10.9 Å². The second-order valence-corrected chi connectivity index (χ2v) is 11.8. The van der Waals surface area contributed by atoms with Crippen LogP contribution in [0.1, 0.15) is 51.4 Å². The summed E-state index contributed by atoms with van der Waals surface area (Å²) in [5, 5.41) is 2.99. The molecule has 7 nitrogen and oxygen atoms in total. The van der Waals surface area contributed by atoms with Gasteiger partial charge in [-0.3, -0.25) is 9.59 Å². The van der Waals surface area contributed by atoms with Crippen molar-refractivity contribution in [1.29, 1.82) is 0 Å². The number of para-hydroxylation sites is 1. The molecule has 0 unspecified atom stereocenters. The fourth-order valence-electron chi connectivity index (χ4n) is 6.96. The lowest BCUT2D eigenvalue weighted by molar-refractivity contribution is -0.144. The van der Waals surface area contributed by atoms with Crippen molar-refractivity contribution in [1.82, 2.24) is 4.31 Å². The van der Waals surface area contributed by atoms with Gasteiger partial charge in [-0.05, 0) is 81.3 Å². The summed E-state index contributed by atoms with van der Waals surface area (Å²) in [6.07, 6.45) is 7.49. The van der Waals surface area contributed by atoms with E-state index in [0.717, 1.165) is 19.3 Å². The number of esters is 1. The van der Waals surface area contributed by atoms with Gasteiger partial charge in [-0.1, -0.05) is 12.1 Å². The smallest absolute Gasteiger partial charge is 0.324 e. The maximum absolute atomic E-state index is 13.5. The summed E-state index contributed by atoms with van der Waals surface area (Å²) in [7, 11) is -2.69. The highest BCUT2D eigenvalue weighted by Gasteiger charge is 2.54. The highest BCUT2D eigenvalue weighted by atomic mass is 32.2. The third-order valence-corrected chi connectivity index (χ3v) is 9.89. The Bertz CT molecular complexity index is 970. The number of ether oxygens (including phenoxy) is 1. The van der Waals surface area contributed by atoms with Crippen LogP contribution in [-0.2, 0) is 24.3 Å². The van der Waals surface area contributed by atoms with Crippen molar-refractivity contribution in [3.8, 4) is 0 Å². The van der Waals surface area contributed by atoms with Crippen LogP contribution in [-0.4, -0.2) is 44.3 Å². The van der Waals surface area contributed by atoms with Crippen LogP contribution in [0.5, 0.6) is 0 Å². The first-order valence-corrected chi connectivity index (χ1v) is 12.8. The summed E-state index contributed by atoms with van der Waals surface area (Å²) in [4.78, 5) is 25.7. The van der Waals surface area contributed by atoms with Gasteiger partial charge in [-0.2, -0.15) is 4.31 Å². The van der Waals surface area contributed by atoms with Crippen molar-refractivity contribution in [3.63, 3.8) is 0 Å². The molecule has 1 saturated heterocycles. The Morgan fingerprint density at radius 2 is 1.68 bits per heavy atom. The molecule has 1 amide bonds. The number of hydrogen-bond donors (Lipinski definition) is 1. The molecule has 0 spiro atoms. The molecule has 5 fully saturated rings. The zero-order valence-corrected chi connectivity index (χ0v) is 18.7. The Hall–Kier alpha value is -1.93. The van der Waals surface area contributed by atoms with Gasteiger partial charge in [-0.25, -0.2) is 8.42 Å². The number of anilines is 1. The van der Waals surface area contributed by atoms with E-state index in [-0.39, 0.29) is 22.8 Å². The predicted molar refractivity (Wildman–Crippen MR) is 115 cm³/mol. The van der Waals surface area contributed by atoms with E-state index in [9.17, 15) is 18.0 Å². The first-order valence-electron chi connectivity index (χ1n) is 11.3. The summed E-state index contributed by atoms with van der Waals surface area (Å²) in [6, 6.07) is 5.72. The van der Waals surface area contributed by atoms with Gasteiger partial charge in [-0.15, -0.1) is 0 Å². The van der Waals surface area contributed by atoms with Gasteiger partial charge < -0.3 is 10.1 Å². The maximum Gasteiger partial charge on any atom is 0.324 e. The molecule has 31 heavy (non-hydrogen) atoms. The normalized spacial score (nSPS) is 34.6. The number of nitrogens with zero attached hydrogens (tertiary/aromatic N) is 1. The number of rotatable bonds is 5. The minimum atomic E-state index is -3.96. The average Bonchev–Trinajstić information content (AvgIpc) is 3.23. The Labute approximate surface area is 183 Å². The third kappa shape index (κ3) is 3.48. The summed E-state index contributed by atoms with van der Waals surface area (Å²) >= 11 is 0. The predicted octanol–water partition coefficient (Wildman–Crippen LogP) is 3.17. The second-order valence-electron chi connectivity index (χ2n) is 9.95. The number of methoxy groups -OCH3 is 1. The van der Waals surface area contributed by atoms with Gasteiger partial charge in [0.05, 0.1) is 18.2 Å². The van der Waals surface area contributed by atoms with E-state index < -0.39 is 22.0 Å². The number of amides is 1. The van der Waals surface area contributed by atoms with Gasteiger partial charge in [0.15, 0.2) is 0 Å². The Kier molecular flexibility index (Phi) is 5.13. The fourth-order valence-corrected chi connectivity index (χ4v) is 8.76. The summed E-state index contributed by atoms with van der Waals surface area (Å²) in [5.74, 6) is 1.29. The summed E-state index contributed by atoms with van der Waals surface area (Å²) < 4.78 is 33.0. The van der Waals surface area contributed by atoms with Crippen LogP contribution in [0.15, 0.2) is 29.2 Å². The van der Waals surface area contributed by atoms with Gasteiger partial charge >= 0.3 is 5.97 Å². The van der Waals surface area contributed by atoms with Crippen LogP contribution in [0.2, 0.25) is 0 Å². The Balaban J connectivity index is 1.42. The molecule has 8 heteroatoms. The second kappa shape index (κ2) is 7.59. The number of carbonyl (C=O) groups is 2. The number of hydrogen-bond acceptors (Lipinski definition) is 5. The van der Waals surface area contributed by atoms with E-state index in [0.29, 0.717) is 36.3 Å². The number of sulfonamides is 1. The molecule has 1 N–H and O–H groups in total. The number of carbonyl (C=O) groups excluding carboxylic acids is 2. The average molecular weight is 447 g/mol. The van der Waals surface area contributed by atoms with Crippen LogP contribution >= 0.6 is 0 Å². The Morgan fingerprint density at radius 3 is 2.29 bits per heavy atom. The molecule has 4 bridgehead atoms. The van der Waals surface area contributed by atoms with Crippen molar-refractivity contribution < 1.29 is 22.7 Å². The molecule has 1 aliphatic heterocycles. The minimum absolute atomic E-state index is 0.0415. The van der Waals surface area contributed by atoms with Crippen LogP contribution in [0.4, 0.5) is 5.69 Å². The lowest BCUT2D eigenvalue weighted by atomic mass is 9.49. The van der Waals surface area contributed by atoms with Crippen molar-refractivity contribution in [2.75, 3.05) is 19.0 Å². The molecule has 4 saturated carbocycles. The lowest BCUT2D eigenvalue weighted by Crippen LogP contribution is -2.51. The molecule has 1 aromatic rings. The van der Waals surface area contributed by atoms with Gasteiger partial charge in [0, 0.05) is 6.54 Å². The highest BCUT2D eigenvalue weighted by Crippen LogP contribution is 2.60.